The van der Waals surface area contributed by atoms with Gasteiger partial charge < -0.3 is 19.9 Å². The lowest BCUT2D eigenvalue weighted by Gasteiger charge is -2.57. The maximum absolute atomic E-state index is 12.7. The number of anilines is 1. The Morgan fingerprint density at radius 3 is 2.41 bits per heavy atom. The minimum Gasteiger partial charge on any atom is -0.378 e. The van der Waals surface area contributed by atoms with Gasteiger partial charge in [-0.2, -0.15) is 0 Å². The van der Waals surface area contributed by atoms with E-state index < -0.39 is 0 Å². The second-order valence-corrected chi connectivity index (χ2v) is 10.1. The standard InChI is InChI=1S/C23H34N4O2/c1-26(16-23-11-18-8-19(12-23)10-20(9-18)13-23)22(28)25-15-17-2-3-21(24-14-17)27-4-6-29-7-5-27/h2-3,14,18-20H,4-13,15-16H2,1H3,(H,25,28). The summed E-state index contributed by atoms with van der Waals surface area (Å²) in [7, 11) is 1.97. The number of aromatic nitrogens is 1. The van der Waals surface area contributed by atoms with Crippen molar-refractivity contribution in [3.05, 3.63) is 23.9 Å². The zero-order valence-corrected chi connectivity index (χ0v) is 17.6. The quantitative estimate of drug-likeness (QED) is 0.827. The van der Waals surface area contributed by atoms with Gasteiger partial charge in [0.2, 0.25) is 0 Å². The van der Waals surface area contributed by atoms with Gasteiger partial charge in [-0.25, -0.2) is 9.78 Å². The fourth-order valence-electron chi connectivity index (χ4n) is 6.87. The van der Waals surface area contributed by atoms with E-state index in [9.17, 15) is 4.79 Å². The van der Waals surface area contributed by atoms with Crippen molar-refractivity contribution >= 4 is 11.8 Å². The second-order valence-electron chi connectivity index (χ2n) is 10.1. The highest BCUT2D eigenvalue weighted by atomic mass is 16.5. The maximum atomic E-state index is 12.7. The molecule has 5 aliphatic rings. The van der Waals surface area contributed by atoms with Crippen molar-refractivity contribution < 1.29 is 9.53 Å². The van der Waals surface area contributed by atoms with Crippen LogP contribution in [0.4, 0.5) is 10.6 Å². The van der Waals surface area contributed by atoms with E-state index in [1.54, 1.807) is 0 Å². The molecule has 6 nitrogen and oxygen atoms in total. The van der Waals surface area contributed by atoms with Crippen molar-refractivity contribution in [3.8, 4) is 0 Å². The number of hydrogen-bond donors (Lipinski definition) is 1. The van der Waals surface area contributed by atoms with Crippen molar-refractivity contribution in [2.45, 2.75) is 45.1 Å². The molecular weight excluding hydrogens is 364 g/mol. The third kappa shape index (κ3) is 4.09. The van der Waals surface area contributed by atoms with Crippen LogP contribution in [0.1, 0.15) is 44.1 Å². The lowest BCUT2D eigenvalue weighted by Crippen LogP contribution is -2.52. The molecule has 0 unspecified atom stereocenters. The monoisotopic (exact) mass is 398 g/mol. The van der Waals surface area contributed by atoms with E-state index in [-0.39, 0.29) is 6.03 Å². The molecule has 0 aromatic carbocycles. The molecule has 0 spiro atoms. The number of ether oxygens (including phenoxy) is 1. The van der Waals surface area contributed by atoms with Crippen LogP contribution in [-0.2, 0) is 11.3 Å². The number of pyridine rings is 1. The molecule has 1 aromatic heterocycles. The summed E-state index contributed by atoms with van der Waals surface area (Å²) in [6, 6.07) is 4.15. The fourth-order valence-corrected chi connectivity index (χ4v) is 6.87. The van der Waals surface area contributed by atoms with Crippen LogP contribution in [0, 0.1) is 23.2 Å². The number of carbonyl (C=O) groups is 1. The van der Waals surface area contributed by atoms with Crippen molar-refractivity contribution in [2.75, 3.05) is 44.8 Å². The smallest absolute Gasteiger partial charge is 0.317 e. The van der Waals surface area contributed by atoms with E-state index in [1.165, 1.54) is 38.5 Å². The Kier molecular flexibility index (Phi) is 5.14. The first-order valence-corrected chi connectivity index (χ1v) is 11.4. The fraction of sp³-hybridized carbons (Fsp3) is 0.739. The highest BCUT2D eigenvalue weighted by Gasteiger charge is 2.51. The van der Waals surface area contributed by atoms with E-state index in [2.05, 4.69) is 21.3 Å². The molecule has 6 rings (SSSR count). The molecule has 0 atom stereocenters. The second kappa shape index (κ2) is 7.78. The van der Waals surface area contributed by atoms with Gasteiger partial charge in [0.25, 0.3) is 0 Å². The number of nitrogens with zero attached hydrogens (tertiary/aromatic N) is 3. The third-order valence-corrected chi connectivity index (χ3v) is 7.67. The van der Waals surface area contributed by atoms with Crippen molar-refractivity contribution in [2.24, 2.45) is 23.2 Å². The topological polar surface area (TPSA) is 57.7 Å². The molecule has 1 aromatic rings. The van der Waals surface area contributed by atoms with Crippen LogP contribution in [0.5, 0.6) is 0 Å². The van der Waals surface area contributed by atoms with E-state index in [0.717, 1.165) is 62.0 Å². The van der Waals surface area contributed by atoms with Gasteiger partial charge in [0.15, 0.2) is 0 Å². The Morgan fingerprint density at radius 2 is 1.83 bits per heavy atom. The Bertz CT molecular complexity index is 694. The number of rotatable bonds is 5. The highest BCUT2D eigenvalue weighted by molar-refractivity contribution is 5.73. The van der Waals surface area contributed by atoms with Gasteiger partial charge in [-0.3, -0.25) is 0 Å². The molecular formula is C23H34N4O2. The van der Waals surface area contributed by atoms with E-state index in [1.807, 2.05) is 24.2 Å². The number of morpholine rings is 1. The van der Waals surface area contributed by atoms with Crippen LogP contribution < -0.4 is 10.2 Å². The predicted octanol–water partition coefficient (Wildman–Crippen LogP) is 3.28. The van der Waals surface area contributed by atoms with Crippen LogP contribution in [-0.4, -0.2) is 55.8 Å². The summed E-state index contributed by atoms with van der Waals surface area (Å²) in [4.78, 5) is 21.5. The first-order valence-electron chi connectivity index (χ1n) is 11.4. The maximum Gasteiger partial charge on any atom is 0.317 e. The molecule has 158 valence electrons. The molecule has 1 N–H and O–H groups in total. The Balaban J connectivity index is 1.13. The summed E-state index contributed by atoms with van der Waals surface area (Å²) in [5.41, 5.74) is 1.43. The van der Waals surface area contributed by atoms with Crippen LogP contribution in [0.15, 0.2) is 18.3 Å². The number of urea groups is 1. The van der Waals surface area contributed by atoms with Crippen molar-refractivity contribution in [3.63, 3.8) is 0 Å². The number of nitrogens with one attached hydrogen (secondary N) is 1. The Morgan fingerprint density at radius 1 is 1.17 bits per heavy atom. The van der Waals surface area contributed by atoms with Crippen molar-refractivity contribution in [1.29, 1.82) is 0 Å². The predicted molar refractivity (Wildman–Crippen MR) is 113 cm³/mol. The first kappa shape index (κ1) is 19.2. The van der Waals surface area contributed by atoms with Crippen LogP contribution in [0.25, 0.3) is 0 Å². The van der Waals surface area contributed by atoms with Gasteiger partial charge in [-0.05, 0) is 73.3 Å². The zero-order valence-electron chi connectivity index (χ0n) is 17.6. The minimum absolute atomic E-state index is 0.0398. The average Bonchev–Trinajstić information content (AvgIpc) is 2.71. The normalized spacial score (nSPS) is 33.0. The summed E-state index contributed by atoms with van der Waals surface area (Å²) < 4.78 is 5.40. The molecule has 4 bridgehead atoms. The van der Waals surface area contributed by atoms with Crippen LogP contribution >= 0.6 is 0 Å². The van der Waals surface area contributed by atoms with E-state index >= 15 is 0 Å². The molecule has 1 saturated heterocycles. The molecule has 6 heteroatoms. The van der Waals surface area contributed by atoms with Gasteiger partial charge in [0.1, 0.15) is 5.82 Å². The van der Waals surface area contributed by atoms with Gasteiger partial charge in [-0.1, -0.05) is 6.07 Å². The molecule has 4 saturated carbocycles. The largest absolute Gasteiger partial charge is 0.378 e. The minimum atomic E-state index is 0.0398. The van der Waals surface area contributed by atoms with Crippen molar-refractivity contribution in [1.82, 2.24) is 15.2 Å². The molecule has 1 aliphatic heterocycles. The third-order valence-electron chi connectivity index (χ3n) is 7.67. The molecule has 2 heterocycles. The average molecular weight is 399 g/mol. The van der Waals surface area contributed by atoms with Gasteiger partial charge in [0, 0.05) is 39.4 Å². The molecule has 5 fully saturated rings. The summed E-state index contributed by atoms with van der Waals surface area (Å²) >= 11 is 0. The van der Waals surface area contributed by atoms with E-state index in [0.29, 0.717) is 12.0 Å². The first-order chi connectivity index (χ1) is 14.1. The lowest BCUT2D eigenvalue weighted by atomic mass is 9.49. The summed E-state index contributed by atoms with van der Waals surface area (Å²) in [5.74, 6) is 3.76. The lowest BCUT2D eigenvalue weighted by molar-refractivity contribution is -0.0616. The molecule has 2 amide bonds. The number of carbonyl (C=O) groups excluding carboxylic acids is 1. The van der Waals surface area contributed by atoms with Gasteiger partial charge >= 0.3 is 6.03 Å². The van der Waals surface area contributed by atoms with Crippen LogP contribution in [0.2, 0.25) is 0 Å². The SMILES string of the molecule is CN(CC12CC3CC(CC(C3)C1)C2)C(=O)NCc1ccc(N2CCOCC2)nc1. The summed E-state index contributed by atoms with van der Waals surface area (Å²) in [5, 5.41) is 3.09. The molecule has 4 aliphatic carbocycles. The zero-order chi connectivity index (χ0) is 19.8. The van der Waals surface area contributed by atoms with E-state index in [4.69, 9.17) is 4.74 Å². The van der Waals surface area contributed by atoms with Gasteiger partial charge in [-0.15, -0.1) is 0 Å². The van der Waals surface area contributed by atoms with Gasteiger partial charge in [0.05, 0.1) is 13.2 Å². The Hall–Kier alpha value is -1.82. The highest BCUT2D eigenvalue weighted by Crippen LogP contribution is 2.60. The number of amides is 2. The summed E-state index contributed by atoms with van der Waals surface area (Å²) in [6.07, 6.45) is 10.2. The number of hydrogen-bond acceptors (Lipinski definition) is 4. The molecule has 29 heavy (non-hydrogen) atoms. The molecule has 0 radical (unpaired) electrons. The Labute approximate surface area is 174 Å². The van der Waals surface area contributed by atoms with Crippen LogP contribution in [0.3, 0.4) is 0 Å². The summed E-state index contributed by atoms with van der Waals surface area (Å²) in [6.45, 7) is 4.73.